The molecule has 2 aromatic rings. The van der Waals surface area contributed by atoms with E-state index in [2.05, 4.69) is 10.2 Å². The lowest BCUT2D eigenvalue weighted by molar-refractivity contribution is 0.144. The second kappa shape index (κ2) is 7.66. The number of hydrogen-bond donors (Lipinski definition) is 0. The lowest BCUT2D eigenvalue weighted by atomic mass is 10.0. The number of hydrogen-bond acceptors (Lipinski definition) is 2. The number of aromatic nitrogens is 4. The molecule has 0 atom stereocenters. The average molecular weight is 330 g/mol. The second-order valence-electron chi connectivity index (χ2n) is 6.17. The molecule has 0 radical (unpaired) electrons. The maximum absolute atomic E-state index is 13.2. The van der Waals surface area contributed by atoms with Crippen LogP contribution in [0.2, 0.25) is 0 Å². The van der Waals surface area contributed by atoms with Gasteiger partial charge in [-0.15, -0.1) is 0 Å². The lowest BCUT2D eigenvalue weighted by Crippen LogP contribution is -1.96. The Morgan fingerprint density at radius 2 is 1.57 bits per heavy atom. The van der Waals surface area contributed by atoms with Gasteiger partial charge in [0.2, 0.25) is 5.95 Å². The van der Waals surface area contributed by atoms with E-state index in [-0.39, 0.29) is 23.5 Å². The molecule has 7 heteroatoms. The fraction of sp³-hybridized carbons (Fsp3) is 0.625. The molecule has 2 aromatic heterocycles. The second-order valence-corrected chi connectivity index (χ2v) is 6.17. The maximum atomic E-state index is 13.2. The molecule has 0 spiro atoms. The van der Waals surface area contributed by atoms with Gasteiger partial charge in [-0.3, -0.25) is 4.68 Å². The monoisotopic (exact) mass is 330 g/mol. The molecule has 2 heterocycles. The summed E-state index contributed by atoms with van der Waals surface area (Å²) in [4.78, 5) is 0. The van der Waals surface area contributed by atoms with Gasteiger partial charge in [0.25, 0.3) is 6.43 Å². The molecule has 2 rings (SSSR count). The predicted molar refractivity (Wildman–Crippen MR) is 84.2 cm³/mol. The van der Waals surface area contributed by atoms with E-state index in [1.807, 2.05) is 34.6 Å². The highest BCUT2D eigenvalue weighted by Crippen LogP contribution is 2.26. The molecule has 0 amide bonds. The van der Waals surface area contributed by atoms with Crippen LogP contribution in [0.3, 0.4) is 0 Å². The van der Waals surface area contributed by atoms with E-state index in [0.717, 1.165) is 11.3 Å². The van der Waals surface area contributed by atoms with Crippen molar-refractivity contribution < 1.29 is 13.2 Å². The third-order valence-corrected chi connectivity index (χ3v) is 3.49. The first-order valence-electron chi connectivity index (χ1n) is 7.56. The molecule has 130 valence electrons. The summed E-state index contributed by atoms with van der Waals surface area (Å²) in [5, 5.41) is 7.67. The molecule has 4 nitrogen and oxygen atoms in total. The zero-order valence-electron chi connectivity index (χ0n) is 14.7. The molecule has 0 N–H and O–H groups in total. The summed E-state index contributed by atoms with van der Waals surface area (Å²) in [6, 6.07) is 0. The molecule has 0 saturated carbocycles. The van der Waals surface area contributed by atoms with Crippen LogP contribution < -0.4 is 0 Å². The van der Waals surface area contributed by atoms with Crippen molar-refractivity contribution in [3.8, 4) is 0 Å². The molecule has 0 fully saturated rings. The summed E-state index contributed by atoms with van der Waals surface area (Å²) in [5.41, 5.74) is 2.06. The smallest absolute Gasteiger partial charge is 0.275 e. The van der Waals surface area contributed by atoms with Gasteiger partial charge in [0, 0.05) is 31.4 Å². The zero-order valence-corrected chi connectivity index (χ0v) is 14.7. The fourth-order valence-corrected chi connectivity index (χ4v) is 2.44. The largest absolute Gasteiger partial charge is 0.282 e. The van der Waals surface area contributed by atoms with Crippen molar-refractivity contribution in [2.75, 3.05) is 0 Å². The molecule has 0 aromatic carbocycles. The van der Waals surface area contributed by atoms with E-state index in [9.17, 15) is 13.2 Å². The Morgan fingerprint density at radius 3 is 1.83 bits per heavy atom. The van der Waals surface area contributed by atoms with Gasteiger partial charge in [-0.2, -0.15) is 14.6 Å². The van der Waals surface area contributed by atoms with E-state index in [1.165, 1.54) is 9.36 Å². The summed E-state index contributed by atoms with van der Waals surface area (Å²) in [5.74, 6) is 0.101. The molecular formula is C16H25F3N4. The van der Waals surface area contributed by atoms with E-state index in [1.54, 1.807) is 20.3 Å². The Hall–Kier alpha value is -1.79. The third kappa shape index (κ3) is 4.59. The van der Waals surface area contributed by atoms with Gasteiger partial charge >= 0.3 is 0 Å². The van der Waals surface area contributed by atoms with Gasteiger partial charge in [-0.25, -0.2) is 13.5 Å². The Morgan fingerprint density at radius 1 is 1.00 bits per heavy atom. The van der Waals surface area contributed by atoms with Crippen LogP contribution in [0.15, 0.2) is 6.20 Å². The van der Waals surface area contributed by atoms with E-state index in [4.69, 9.17) is 0 Å². The quantitative estimate of drug-likeness (QED) is 0.832. The van der Waals surface area contributed by atoms with Crippen molar-refractivity contribution >= 4 is 0 Å². The SMILES string of the molecule is CC(C)c1cn(C)nc1C(F)F.Cc1nn(C)c(F)c1C(C)C. The van der Waals surface area contributed by atoms with E-state index < -0.39 is 6.43 Å². The van der Waals surface area contributed by atoms with Crippen LogP contribution in [0, 0.1) is 12.9 Å². The topological polar surface area (TPSA) is 35.6 Å². The van der Waals surface area contributed by atoms with Crippen LogP contribution in [-0.4, -0.2) is 19.6 Å². The highest BCUT2D eigenvalue weighted by atomic mass is 19.3. The molecule has 0 bridgehead atoms. The normalized spacial score (nSPS) is 11.3. The van der Waals surface area contributed by atoms with Crippen molar-refractivity contribution in [1.82, 2.24) is 19.6 Å². The molecule has 0 aliphatic rings. The summed E-state index contributed by atoms with van der Waals surface area (Å²) in [7, 11) is 3.27. The summed E-state index contributed by atoms with van der Waals surface area (Å²) < 4.78 is 40.5. The summed E-state index contributed by atoms with van der Waals surface area (Å²) in [6.07, 6.45) is -0.824. The van der Waals surface area contributed by atoms with Gasteiger partial charge in [-0.05, 0) is 18.8 Å². The maximum Gasteiger partial charge on any atom is 0.282 e. The number of alkyl halides is 2. The van der Waals surface area contributed by atoms with Gasteiger partial charge in [-0.1, -0.05) is 27.7 Å². The Bertz CT molecular complexity index is 617. The van der Waals surface area contributed by atoms with Crippen LogP contribution >= 0.6 is 0 Å². The van der Waals surface area contributed by atoms with Crippen molar-refractivity contribution in [3.05, 3.63) is 34.7 Å². The minimum Gasteiger partial charge on any atom is -0.275 e. The Kier molecular flexibility index (Phi) is 6.41. The number of halogens is 3. The molecule has 0 saturated heterocycles. The van der Waals surface area contributed by atoms with Crippen LogP contribution in [0.4, 0.5) is 13.2 Å². The van der Waals surface area contributed by atoms with Gasteiger partial charge in [0.15, 0.2) is 0 Å². The number of nitrogens with zero attached hydrogens (tertiary/aromatic N) is 4. The minimum atomic E-state index is -2.47. The fourth-order valence-electron chi connectivity index (χ4n) is 2.44. The molecule has 0 aliphatic heterocycles. The van der Waals surface area contributed by atoms with Gasteiger partial charge in [0.05, 0.1) is 5.69 Å². The van der Waals surface area contributed by atoms with E-state index >= 15 is 0 Å². The Labute approximate surface area is 135 Å². The molecule has 0 unspecified atom stereocenters. The van der Waals surface area contributed by atoms with Crippen LogP contribution in [0.25, 0.3) is 0 Å². The highest BCUT2D eigenvalue weighted by molar-refractivity contribution is 5.21. The zero-order chi connectivity index (χ0) is 17.9. The van der Waals surface area contributed by atoms with Crippen molar-refractivity contribution in [1.29, 1.82) is 0 Å². The molecule has 0 aliphatic carbocycles. The summed E-state index contributed by atoms with van der Waals surface area (Å²) in [6.45, 7) is 9.52. The number of rotatable bonds is 3. The highest BCUT2D eigenvalue weighted by Gasteiger charge is 2.19. The first kappa shape index (κ1) is 19.3. The lowest BCUT2D eigenvalue weighted by Gasteiger charge is -2.02. The van der Waals surface area contributed by atoms with Crippen molar-refractivity contribution in [2.24, 2.45) is 14.1 Å². The first-order chi connectivity index (χ1) is 10.6. The molecule has 23 heavy (non-hydrogen) atoms. The van der Waals surface area contributed by atoms with Crippen LogP contribution in [-0.2, 0) is 14.1 Å². The van der Waals surface area contributed by atoms with Gasteiger partial charge in [0.1, 0.15) is 5.69 Å². The summed E-state index contributed by atoms with van der Waals surface area (Å²) >= 11 is 0. The van der Waals surface area contributed by atoms with Crippen LogP contribution in [0.1, 0.15) is 68.5 Å². The average Bonchev–Trinajstić information content (AvgIpc) is 2.92. The van der Waals surface area contributed by atoms with Crippen molar-refractivity contribution in [2.45, 2.75) is 52.9 Å². The third-order valence-electron chi connectivity index (χ3n) is 3.49. The van der Waals surface area contributed by atoms with Crippen molar-refractivity contribution in [3.63, 3.8) is 0 Å². The van der Waals surface area contributed by atoms with Gasteiger partial charge < -0.3 is 0 Å². The minimum absolute atomic E-state index is 0.0903. The van der Waals surface area contributed by atoms with E-state index in [0.29, 0.717) is 5.56 Å². The number of aryl methyl sites for hydroxylation is 3. The Balaban J connectivity index is 0.000000231. The predicted octanol–water partition coefficient (Wildman–Crippen LogP) is 4.47. The van der Waals surface area contributed by atoms with Crippen LogP contribution in [0.5, 0.6) is 0 Å². The molecular weight excluding hydrogens is 305 g/mol. The first-order valence-corrected chi connectivity index (χ1v) is 7.56. The standard InChI is InChI=1S/C8H12F2N2.C8H13FN2/c1-5(2)6-4-12(3)11-7(6)8(9)10;1-5(2)7-6(3)10-11(4)8(7)9/h4-5,8H,1-3H3;5H,1-4H3.